The van der Waals surface area contributed by atoms with Gasteiger partial charge in [-0.15, -0.1) is 11.3 Å². The molecule has 1 aromatic carbocycles. The molecule has 0 spiro atoms. The van der Waals surface area contributed by atoms with E-state index < -0.39 is 72.2 Å². The zero-order valence-electron chi connectivity index (χ0n) is 24.9. The molecule has 0 radical (unpaired) electrons. The quantitative estimate of drug-likeness (QED) is 0.170. The first kappa shape index (κ1) is 37.4. The molecule has 3 heterocycles. The summed E-state index contributed by atoms with van der Waals surface area (Å²) in [5.41, 5.74) is -4.88. The molecule has 0 bridgehead atoms. The molecule has 274 valence electrons. The fourth-order valence-corrected chi connectivity index (χ4v) is 6.07. The number of hydrogen-bond acceptors (Lipinski definition) is 12. The minimum absolute atomic E-state index is 0.0825. The SMILES string of the molecule is O=C(O)[C@H]1O[C@@H](Oc2ccc(CC(c3ccc(OC(F)F)c(OC4CC4)c3)c3cnc(C(O)(C(F)(F)F)C(F)(F)F)s3)cn2)[C@H](O)[C@@H](O)[C@@H]1O. The van der Waals surface area contributed by atoms with Gasteiger partial charge in [-0.3, -0.25) is 0 Å². The normalized spacial score (nSPS) is 23.8. The fourth-order valence-electron chi connectivity index (χ4n) is 4.90. The maximum absolute atomic E-state index is 13.6. The molecule has 12 nitrogen and oxygen atoms in total. The summed E-state index contributed by atoms with van der Waals surface area (Å²) in [6, 6.07) is 6.10. The molecule has 50 heavy (non-hydrogen) atoms. The number of rotatable bonds is 12. The number of hydrogen-bond donors (Lipinski definition) is 5. The molecule has 2 fully saturated rings. The molecular formula is C29H26F8N2O10S. The second-order valence-corrected chi connectivity index (χ2v) is 12.4. The number of aromatic nitrogens is 2. The van der Waals surface area contributed by atoms with Crippen LogP contribution in [-0.2, 0) is 21.6 Å². The van der Waals surface area contributed by atoms with Crippen molar-refractivity contribution >= 4 is 17.3 Å². The van der Waals surface area contributed by atoms with Gasteiger partial charge in [-0.05, 0) is 42.5 Å². The largest absolute Gasteiger partial charge is 0.487 e. The number of carboxylic acids is 1. The van der Waals surface area contributed by atoms with E-state index in [2.05, 4.69) is 14.7 Å². The molecule has 1 unspecified atom stereocenters. The second kappa shape index (κ2) is 14.0. The highest BCUT2D eigenvalue weighted by atomic mass is 32.1. The Bertz CT molecular complexity index is 1640. The number of aliphatic hydroxyl groups is 4. The van der Waals surface area contributed by atoms with E-state index in [9.17, 15) is 65.5 Å². The molecular weight excluding hydrogens is 720 g/mol. The number of nitrogens with zero attached hydrogens (tertiary/aromatic N) is 2. The van der Waals surface area contributed by atoms with Crippen molar-refractivity contribution in [2.45, 2.75) is 86.6 Å². The number of thiazole rings is 1. The molecule has 0 amide bonds. The maximum Gasteiger partial charge on any atom is 0.433 e. The van der Waals surface area contributed by atoms with Crippen LogP contribution in [0, 0.1) is 0 Å². The van der Waals surface area contributed by atoms with Crippen LogP contribution < -0.4 is 14.2 Å². The third kappa shape index (κ3) is 7.71. The molecule has 5 rings (SSSR count). The van der Waals surface area contributed by atoms with Gasteiger partial charge in [0.05, 0.1) is 6.10 Å². The van der Waals surface area contributed by atoms with E-state index in [0.29, 0.717) is 19.0 Å². The smallest absolute Gasteiger partial charge is 0.433 e. The van der Waals surface area contributed by atoms with Crippen molar-refractivity contribution in [3.8, 4) is 17.4 Å². The predicted octanol–water partition coefficient (Wildman–Crippen LogP) is 3.64. The summed E-state index contributed by atoms with van der Waals surface area (Å²) in [6.45, 7) is -3.25. The molecule has 2 aromatic heterocycles. The Morgan fingerprint density at radius 1 is 0.920 bits per heavy atom. The fraction of sp³-hybridized carbons (Fsp3) is 0.483. The standard InChI is InChI=1S/C29H26F8N2O10S/c30-26(31)47-15-5-2-12(8-16(15)46-13-3-4-13)14(17-10-39-25(50-17)27(45,28(32,33)34)29(35,36)37)7-11-1-6-18(38-9-11)48-24-21(42)19(40)20(41)22(49-24)23(43)44/h1-2,5-6,8-10,13-14,19-22,24,26,40-42,45H,3-4,7H2,(H,43,44)/t14?,19-,20-,21+,22-,24+/m0/s1. The lowest BCUT2D eigenvalue weighted by atomic mass is 9.91. The zero-order chi connectivity index (χ0) is 36.8. The first-order valence-corrected chi connectivity index (χ1v) is 15.2. The number of carbonyl (C=O) groups is 1. The Hall–Kier alpha value is -3.89. The number of alkyl halides is 8. The summed E-state index contributed by atoms with van der Waals surface area (Å²) >= 11 is -0.0825. The predicted molar refractivity (Wildman–Crippen MR) is 150 cm³/mol. The average molecular weight is 747 g/mol. The average Bonchev–Trinajstić information content (AvgIpc) is 3.71. The van der Waals surface area contributed by atoms with Gasteiger partial charge in [0.15, 0.2) is 17.6 Å². The summed E-state index contributed by atoms with van der Waals surface area (Å²) in [5, 5.41) is 47.5. The zero-order valence-corrected chi connectivity index (χ0v) is 25.7. The van der Waals surface area contributed by atoms with Crippen molar-refractivity contribution in [3.05, 3.63) is 63.7 Å². The first-order valence-electron chi connectivity index (χ1n) is 14.4. The Morgan fingerprint density at radius 2 is 1.60 bits per heavy atom. The van der Waals surface area contributed by atoms with Gasteiger partial charge in [-0.2, -0.15) is 35.1 Å². The second-order valence-electron chi connectivity index (χ2n) is 11.3. The maximum atomic E-state index is 13.6. The van der Waals surface area contributed by atoms with E-state index in [0.717, 1.165) is 12.3 Å². The number of aliphatic carboxylic acids is 1. The summed E-state index contributed by atoms with van der Waals surface area (Å²) in [4.78, 5) is 18.4. The number of halogens is 8. The van der Waals surface area contributed by atoms with Gasteiger partial charge in [0.2, 0.25) is 12.2 Å². The molecule has 1 aliphatic carbocycles. The van der Waals surface area contributed by atoms with Crippen LogP contribution in [0.15, 0.2) is 42.7 Å². The highest BCUT2D eigenvalue weighted by Crippen LogP contribution is 2.52. The lowest BCUT2D eigenvalue weighted by Gasteiger charge is -2.38. The summed E-state index contributed by atoms with van der Waals surface area (Å²) < 4.78 is 129. The third-order valence-electron chi connectivity index (χ3n) is 7.69. The van der Waals surface area contributed by atoms with Crippen LogP contribution in [0.25, 0.3) is 0 Å². The minimum atomic E-state index is -6.20. The van der Waals surface area contributed by atoms with E-state index in [1.165, 1.54) is 24.3 Å². The van der Waals surface area contributed by atoms with Crippen molar-refractivity contribution in [3.63, 3.8) is 0 Å². The van der Waals surface area contributed by atoms with E-state index in [1.54, 1.807) is 0 Å². The Balaban J connectivity index is 1.48. The van der Waals surface area contributed by atoms with Gasteiger partial charge in [-0.1, -0.05) is 12.1 Å². The molecule has 6 atom stereocenters. The summed E-state index contributed by atoms with van der Waals surface area (Å²) in [6.07, 6.45) is -19.6. The topological polar surface area (TPSA) is 181 Å². The van der Waals surface area contributed by atoms with Crippen molar-refractivity contribution in [1.29, 1.82) is 0 Å². The van der Waals surface area contributed by atoms with Crippen molar-refractivity contribution in [2.24, 2.45) is 0 Å². The lowest BCUT2D eigenvalue weighted by molar-refractivity contribution is -0.376. The van der Waals surface area contributed by atoms with E-state index in [4.69, 9.17) is 14.2 Å². The molecule has 1 saturated heterocycles. The van der Waals surface area contributed by atoms with Crippen LogP contribution >= 0.6 is 11.3 Å². The van der Waals surface area contributed by atoms with Crippen LogP contribution in [-0.4, -0.2) is 97.2 Å². The molecule has 1 aliphatic heterocycles. The monoisotopic (exact) mass is 746 g/mol. The van der Waals surface area contributed by atoms with E-state index >= 15 is 0 Å². The number of pyridine rings is 1. The van der Waals surface area contributed by atoms with Crippen LogP contribution in [0.1, 0.15) is 39.8 Å². The van der Waals surface area contributed by atoms with Crippen LogP contribution in [0.4, 0.5) is 35.1 Å². The van der Waals surface area contributed by atoms with Crippen LogP contribution in [0.2, 0.25) is 0 Å². The van der Waals surface area contributed by atoms with Crippen molar-refractivity contribution < 1.29 is 84.4 Å². The van der Waals surface area contributed by atoms with Gasteiger partial charge in [0.25, 0.3) is 0 Å². The number of ether oxygens (including phenoxy) is 4. The molecule has 21 heteroatoms. The number of aliphatic hydroxyl groups excluding tert-OH is 3. The highest BCUT2D eigenvalue weighted by Gasteiger charge is 2.73. The Kier molecular flexibility index (Phi) is 10.5. The summed E-state index contributed by atoms with van der Waals surface area (Å²) in [7, 11) is 0. The summed E-state index contributed by atoms with van der Waals surface area (Å²) in [5.74, 6) is -3.64. The van der Waals surface area contributed by atoms with Crippen LogP contribution in [0.3, 0.4) is 0 Å². The minimum Gasteiger partial charge on any atom is -0.487 e. The van der Waals surface area contributed by atoms with Gasteiger partial charge < -0.3 is 44.5 Å². The number of carboxylic acid groups (broad SMARTS) is 1. The van der Waals surface area contributed by atoms with Gasteiger partial charge in [0.1, 0.15) is 23.3 Å². The lowest BCUT2D eigenvalue weighted by Crippen LogP contribution is -2.61. The van der Waals surface area contributed by atoms with Crippen molar-refractivity contribution in [1.82, 2.24) is 9.97 Å². The van der Waals surface area contributed by atoms with Gasteiger partial charge in [-0.25, -0.2) is 14.8 Å². The highest BCUT2D eigenvalue weighted by molar-refractivity contribution is 7.11. The molecule has 5 N–H and O–H groups in total. The van der Waals surface area contributed by atoms with Gasteiger partial charge >= 0.3 is 30.5 Å². The van der Waals surface area contributed by atoms with E-state index in [1.807, 2.05) is 0 Å². The molecule has 1 saturated carbocycles. The third-order valence-corrected chi connectivity index (χ3v) is 8.91. The van der Waals surface area contributed by atoms with Crippen LogP contribution in [0.5, 0.6) is 17.4 Å². The Morgan fingerprint density at radius 3 is 2.16 bits per heavy atom. The van der Waals surface area contributed by atoms with Gasteiger partial charge in [0, 0.05) is 29.3 Å². The molecule has 3 aromatic rings. The first-order chi connectivity index (χ1) is 23.3. The molecule has 2 aliphatic rings. The van der Waals surface area contributed by atoms with E-state index in [-0.39, 0.29) is 57.2 Å². The Labute approximate surface area is 279 Å². The van der Waals surface area contributed by atoms with Crippen molar-refractivity contribution in [2.75, 3.05) is 0 Å². The number of benzene rings is 1.